The molecular formula is C10H14N6O2. The molecule has 0 amide bonds. The van der Waals surface area contributed by atoms with E-state index in [1.807, 2.05) is 6.92 Å². The zero-order chi connectivity index (χ0) is 13.4. The van der Waals surface area contributed by atoms with Gasteiger partial charge in [0.05, 0.1) is 11.4 Å². The minimum Gasteiger partial charge on any atom is -0.331 e. The standard InChI is InChI=1S/C10H14N6O2/c1-6-7(5-14(2)12-6)11-8-9(17)15(3)10(18)16(4)13-8/h5H,1-4H3,(H,11,13). The van der Waals surface area contributed by atoms with Crippen LogP contribution in [0, 0.1) is 6.92 Å². The Morgan fingerprint density at radius 1 is 1.17 bits per heavy atom. The third kappa shape index (κ3) is 1.92. The van der Waals surface area contributed by atoms with Gasteiger partial charge in [-0.3, -0.25) is 14.0 Å². The van der Waals surface area contributed by atoms with Gasteiger partial charge in [0.25, 0.3) is 5.56 Å². The Labute approximate surface area is 102 Å². The lowest BCUT2D eigenvalue weighted by atomic mass is 10.4. The summed E-state index contributed by atoms with van der Waals surface area (Å²) in [5.74, 6) is 0.0932. The molecule has 2 rings (SSSR count). The van der Waals surface area contributed by atoms with E-state index in [9.17, 15) is 9.59 Å². The normalized spacial score (nSPS) is 10.7. The Bertz CT molecular complexity index is 708. The van der Waals surface area contributed by atoms with Crippen molar-refractivity contribution in [2.75, 3.05) is 5.32 Å². The number of hydrogen-bond acceptors (Lipinski definition) is 5. The van der Waals surface area contributed by atoms with Crippen molar-refractivity contribution in [2.45, 2.75) is 6.92 Å². The largest absolute Gasteiger partial charge is 0.346 e. The molecule has 2 heterocycles. The number of nitrogens with zero attached hydrogens (tertiary/aromatic N) is 5. The van der Waals surface area contributed by atoms with E-state index in [1.54, 1.807) is 17.9 Å². The summed E-state index contributed by atoms with van der Waals surface area (Å²) in [4.78, 5) is 23.3. The molecule has 2 aromatic heterocycles. The fourth-order valence-electron chi connectivity index (χ4n) is 1.63. The van der Waals surface area contributed by atoms with Gasteiger partial charge in [-0.25, -0.2) is 9.48 Å². The van der Waals surface area contributed by atoms with Crippen molar-refractivity contribution in [1.82, 2.24) is 24.1 Å². The Balaban J connectivity index is 2.51. The monoisotopic (exact) mass is 250 g/mol. The van der Waals surface area contributed by atoms with E-state index < -0.39 is 11.2 Å². The Kier molecular flexibility index (Phi) is 2.77. The van der Waals surface area contributed by atoms with Crippen LogP contribution in [0.2, 0.25) is 0 Å². The fraction of sp³-hybridized carbons (Fsp3) is 0.400. The van der Waals surface area contributed by atoms with Gasteiger partial charge in [0.15, 0.2) is 0 Å². The van der Waals surface area contributed by atoms with Gasteiger partial charge in [-0.15, -0.1) is 5.10 Å². The summed E-state index contributed by atoms with van der Waals surface area (Å²) >= 11 is 0. The molecular weight excluding hydrogens is 236 g/mol. The van der Waals surface area contributed by atoms with E-state index in [-0.39, 0.29) is 5.82 Å². The summed E-state index contributed by atoms with van der Waals surface area (Å²) in [6.07, 6.45) is 1.74. The number of aromatic nitrogens is 5. The van der Waals surface area contributed by atoms with Crippen molar-refractivity contribution in [3.63, 3.8) is 0 Å². The maximum atomic E-state index is 11.9. The van der Waals surface area contributed by atoms with Gasteiger partial charge in [0.2, 0.25) is 5.82 Å². The van der Waals surface area contributed by atoms with Crippen molar-refractivity contribution < 1.29 is 0 Å². The minimum atomic E-state index is -0.471. The molecule has 8 nitrogen and oxygen atoms in total. The zero-order valence-corrected chi connectivity index (χ0v) is 10.6. The van der Waals surface area contributed by atoms with Crippen molar-refractivity contribution in [3.05, 3.63) is 32.7 Å². The van der Waals surface area contributed by atoms with Crippen LogP contribution in [-0.2, 0) is 21.1 Å². The smallest absolute Gasteiger partial charge is 0.331 e. The van der Waals surface area contributed by atoms with Gasteiger partial charge in [-0.1, -0.05) is 0 Å². The Morgan fingerprint density at radius 3 is 2.39 bits per heavy atom. The summed E-state index contributed by atoms with van der Waals surface area (Å²) in [5, 5.41) is 10.9. The number of rotatable bonds is 2. The van der Waals surface area contributed by atoms with Crippen LogP contribution in [-0.4, -0.2) is 24.1 Å². The SMILES string of the molecule is Cc1nn(C)cc1Nc1nn(C)c(=O)n(C)c1=O. The first-order chi connectivity index (χ1) is 8.40. The molecule has 0 radical (unpaired) electrons. The molecule has 0 aliphatic rings. The van der Waals surface area contributed by atoms with Crippen LogP contribution in [0.1, 0.15) is 5.69 Å². The average Bonchev–Trinajstić information content (AvgIpc) is 2.62. The van der Waals surface area contributed by atoms with Gasteiger partial charge < -0.3 is 5.32 Å². The van der Waals surface area contributed by atoms with E-state index in [0.717, 1.165) is 14.9 Å². The number of nitrogens with one attached hydrogen (secondary N) is 1. The molecule has 0 bridgehead atoms. The molecule has 0 unspecified atom stereocenters. The van der Waals surface area contributed by atoms with Crippen LogP contribution in [0.3, 0.4) is 0 Å². The number of hydrogen-bond donors (Lipinski definition) is 1. The molecule has 0 atom stereocenters. The van der Waals surface area contributed by atoms with E-state index in [2.05, 4.69) is 15.5 Å². The second-order valence-corrected chi connectivity index (χ2v) is 4.05. The van der Waals surface area contributed by atoms with Gasteiger partial charge in [-0.05, 0) is 6.92 Å². The summed E-state index contributed by atoms with van der Waals surface area (Å²) in [6.45, 7) is 1.81. The molecule has 8 heteroatoms. The Hall–Kier alpha value is -2.38. The van der Waals surface area contributed by atoms with Crippen LogP contribution < -0.4 is 16.6 Å². The summed E-state index contributed by atoms with van der Waals surface area (Å²) in [5.41, 5.74) is 0.491. The molecule has 96 valence electrons. The summed E-state index contributed by atoms with van der Waals surface area (Å²) < 4.78 is 3.74. The first-order valence-corrected chi connectivity index (χ1v) is 5.31. The van der Waals surface area contributed by atoms with E-state index in [0.29, 0.717) is 5.69 Å². The highest BCUT2D eigenvalue weighted by Crippen LogP contribution is 2.14. The molecule has 0 aliphatic heterocycles. The van der Waals surface area contributed by atoms with Crippen LogP contribution in [0.25, 0.3) is 0 Å². The molecule has 2 aromatic rings. The Morgan fingerprint density at radius 2 is 1.83 bits per heavy atom. The molecule has 0 spiro atoms. The van der Waals surface area contributed by atoms with Crippen molar-refractivity contribution >= 4 is 11.5 Å². The predicted molar refractivity (Wildman–Crippen MR) is 65.9 cm³/mol. The van der Waals surface area contributed by atoms with Gasteiger partial charge in [0, 0.05) is 27.3 Å². The molecule has 0 fully saturated rings. The lowest BCUT2D eigenvalue weighted by Gasteiger charge is -2.06. The maximum Gasteiger partial charge on any atom is 0.346 e. The highest BCUT2D eigenvalue weighted by atomic mass is 16.2. The molecule has 0 saturated carbocycles. The van der Waals surface area contributed by atoms with Gasteiger partial charge >= 0.3 is 5.69 Å². The fourth-order valence-corrected chi connectivity index (χ4v) is 1.63. The van der Waals surface area contributed by atoms with Crippen LogP contribution in [0.15, 0.2) is 15.8 Å². The maximum absolute atomic E-state index is 11.9. The summed E-state index contributed by atoms with van der Waals surface area (Å²) in [7, 11) is 4.68. The van der Waals surface area contributed by atoms with Gasteiger partial charge in [-0.2, -0.15) is 5.10 Å². The van der Waals surface area contributed by atoms with Crippen LogP contribution >= 0.6 is 0 Å². The number of anilines is 2. The van der Waals surface area contributed by atoms with Crippen LogP contribution in [0.4, 0.5) is 11.5 Å². The minimum absolute atomic E-state index is 0.0932. The first-order valence-electron chi connectivity index (χ1n) is 5.31. The van der Waals surface area contributed by atoms with Crippen molar-refractivity contribution in [2.24, 2.45) is 21.1 Å². The zero-order valence-electron chi connectivity index (χ0n) is 10.6. The predicted octanol–water partition coefficient (Wildman–Crippen LogP) is -0.735. The van der Waals surface area contributed by atoms with Crippen LogP contribution in [0.5, 0.6) is 0 Å². The first kappa shape index (κ1) is 12.1. The molecule has 0 saturated heterocycles. The third-order valence-corrected chi connectivity index (χ3v) is 2.59. The van der Waals surface area contributed by atoms with E-state index in [4.69, 9.17) is 0 Å². The summed E-state index contributed by atoms with van der Waals surface area (Å²) in [6, 6.07) is 0. The topological polar surface area (TPSA) is 86.7 Å². The average molecular weight is 250 g/mol. The van der Waals surface area contributed by atoms with E-state index in [1.165, 1.54) is 14.1 Å². The second-order valence-electron chi connectivity index (χ2n) is 4.05. The lowest BCUT2D eigenvalue weighted by Crippen LogP contribution is -2.39. The van der Waals surface area contributed by atoms with Crippen molar-refractivity contribution in [3.8, 4) is 0 Å². The van der Waals surface area contributed by atoms with E-state index >= 15 is 0 Å². The highest BCUT2D eigenvalue weighted by molar-refractivity contribution is 5.56. The number of aryl methyl sites for hydroxylation is 3. The second kappa shape index (κ2) is 4.13. The quantitative estimate of drug-likeness (QED) is 0.759. The lowest BCUT2D eigenvalue weighted by molar-refractivity contribution is 0.606. The van der Waals surface area contributed by atoms with Crippen molar-refractivity contribution in [1.29, 1.82) is 0 Å². The van der Waals surface area contributed by atoms with Gasteiger partial charge in [0.1, 0.15) is 0 Å². The molecule has 0 aliphatic carbocycles. The molecule has 18 heavy (non-hydrogen) atoms. The third-order valence-electron chi connectivity index (χ3n) is 2.59. The molecule has 1 N–H and O–H groups in total. The molecule has 0 aromatic carbocycles. The highest BCUT2D eigenvalue weighted by Gasteiger charge is 2.11.